The fraction of sp³-hybridized carbons (Fsp3) is 0.194. The normalized spacial score (nSPS) is 11.7. The van der Waals surface area contributed by atoms with Crippen molar-refractivity contribution in [2.45, 2.75) is 39.0 Å². The molecule has 4 rings (SSSR count). The number of hydrogen-bond donors (Lipinski definition) is 0. The average Bonchev–Trinajstić information content (AvgIpc) is 2.87. The number of halogens is 1. The van der Waals surface area contributed by atoms with Crippen LogP contribution >= 0.6 is 0 Å². The van der Waals surface area contributed by atoms with E-state index in [0.29, 0.717) is 23.5 Å². The molecule has 0 bridgehead atoms. The maximum absolute atomic E-state index is 14.1. The molecule has 1 atom stereocenters. The van der Waals surface area contributed by atoms with Gasteiger partial charge in [0.1, 0.15) is 11.6 Å². The number of esters is 1. The lowest BCUT2D eigenvalue weighted by molar-refractivity contribution is 0.0734. The van der Waals surface area contributed by atoms with Crippen LogP contribution in [0.3, 0.4) is 0 Å². The summed E-state index contributed by atoms with van der Waals surface area (Å²) in [6.45, 7) is 4.24. The Morgan fingerprint density at radius 2 is 1.50 bits per heavy atom. The number of aryl methyl sites for hydroxylation is 1. The highest BCUT2D eigenvalue weighted by Crippen LogP contribution is 2.25. The Morgan fingerprint density at radius 1 is 0.853 bits per heavy atom. The summed E-state index contributed by atoms with van der Waals surface area (Å²) in [5.74, 6) is -0.177. The van der Waals surface area contributed by atoms with E-state index in [1.807, 2.05) is 25.1 Å². The summed E-state index contributed by atoms with van der Waals surface area (Å²) in [4.78, 5) is 12.5. The fourth-order valence-corrected chi connectivity index (χ4v) is 4.11. The third kappa shape index (κ3) is 5.79. The molecular formula is C31H29FO2. The van der Waals surface area contributed by atoms with Gasteiger partial charge in [-0.15, -0.1) is 0 Å². The first-order valence-electron chi connectivity index (χ1n) is 11.8. The molecule has 0 aliphatic heterocycles. The third-order valence-corrected chi connectivity index (χ3v) is 6.07. The molecule has 3 heteroatoms. The summed E-state index contributed by atoms with van der Waals surface area (Å²) in [6, 6.07) is 31.0. The maximum atomic E-state index is 14.1. The largest absolute Gasteiger partial charge is 0.423 e. The summed E-state index contributed by atoms with van der Waals surface area (Å²) >= 11 is 0. The monoisotopic (exact) mass is 452 g/mol. The van der Waals surface area contributed by atoms with E-state index in [1.54, 1.807) is 24.3 Å². The summed E-state index contributed by atoms with van der Waals surface area (Å²) in [6.07, 6.45) is 2.50. The number of carbonyl (C=O) groups is 1. The molecule has 0 fully saturated rings. The predicted molar refractivity (Wildman–Crippen MR) is 136 cm³/mol. The minimum atomic E-state index is -0.501. The molecule has 0 saturated heterocycles. The molecule has 4 aromatic carbocycles. The molecule has 0 aromatic heterocycles. The van der Waals surface area contributed by atoms with Crippen molar-refractivity contribution in [2.24, 2.45) is 0 Å². The van der Waals surface area contributed by atoms with Crippen LogP contribution in [0.2, 0.25) is 0 Å². The topological polar surface area (TPSA) is 26.3 Å². The third-order valence-electron chi connectivity index (χ3n) is 6.07. The van der Waals surface area contributed by atoms with Crippen LogP contribution in [0.1, 0.15) is 53.2 Å². The van der Waals surface area contributed by atoms with Crippen LogP contribution in [0.5, 0.6) is 5.75 Å². The van der Waals surface area contributed by atoms with Gasteiger partial charge in [0.2, 0.25) is 0 Å². The van der Waals surface area contributed by atoms with E-state index in [1.165, 1.54) is 17.2 Å². The van der Waals surface area contributed by atoms with Crippen LogP contribution in [-0.4, -0.2) is 5.97 Å². The smallest absolute Gasteiger partial charge is 0.343 e. The van der Waals surface area contributed by atoms with E-state index < -0.39 is 5.97 Å². The maximum Gasteiger partial charge on any atom is 0.343 e. The van der Waals surface area contributed by atoms with Gasteiger partial charge in [0.15, 0.2) is 0 Å². The zero-order chi connectivity index (χ0) is 23.9. The SMILES string of the molecule is CCCc1ccc(OC(=O)c2ccc(-c3ccc(C[C@H](C)c4ccccc4)cc3)cc2)cc1F. The summed E-state index contributed by atoms with van der Waals surface area (Å²) in [5.41, 5.74) is 5.80. The van der Waals surface area contributed by atoms with Gasteiger partial charge < -0.3 is 4.74 Å². The second-order valence-electron chi connectivity index (χ2n) is 8.68. The number of carbonyl (C=O) groups excluding carboxylic acids is 1. The predicted octanol–water partition coefficient (Wildman–Crippen LogP) is 8.01. The highest BCUT2D eigenvalue weighted by molar-refractivity contribution is 5.91. The molecule has 0 unspecified atom stereocenters. The van der Waals surface area contributed by atoms with Crippen molar-refractivity contribution in [1.82, 2.24) is 0 Å². The second kappa shape index (κ2) is 10.9. The highest BCUT2D eigenvalue weighted by atomic mass is 19.1. The van der Waals surface area contributed by atoms with Gasteiger partial charge in [0, 0.05) is 6.07 Å². The molecule has 0 amide bonds. The lowest BCUT2D eigenvalue weighted by Gasteiger charge is -2.12. The van der Waals surface area contributed by atoms with Gasteiger partial charge in [-0.25, -0.2) is 9.18 Å². The number of rotatable bonds is 8. The van der Waals surface area contributed by atoms with Crippen molar-refractivity contribution in [2.75, 3.05) is 0 Å². The Hall–Kier alpha value is -3.72. The Bertz CT molecular complexity index is 1230. The van der Waals surface area contributed by atoms with Gasteiger partial charge in [-0.1, -0.05) is 93.1 Å². The zero-order valence-corrected chi connectivity index (χ0v) is 19.6. The fourth-order valence-electron chi connectivity index (χ4n) is 4.11. The Morgan fingerprint density at radius 3 is 2.12 bits per heavy atom. The van der Waals surface area contributed by atoms with E-state index >= 15 is 0 Å². The Balaban J connectivity index is 1.39. The number of benzene rings is 4. The lowest BCUT2D eigenvalue weighted by atomic mass is 9.93. The van der Waals surface area contributed by atoms with Crippen molar-refractivity contribution in [3.8, 4) is 16.9 Å². The van der Waals surface area contributed by atoms with Gasteiger partial charge in [0.05, 0.1) is 5.56 Å². The van der Waals surface area contributed by atoms with Crippen LogP contribution < -0.4 is 4.74 Å². The molecule has 0 spiro atoms. The molecule has 34 heavy (non-hydrogen) atoms. The van der Waals surface area contributed by atoms with Gasteiger partial charge in [0.25, 0.3) is 0 Å². The lowest BCUT2D eigenvalue weighted by Crippen LogP contribution is -2.08. The van der Waals surface area contributed by atoms with E-state index in [4.69, 9.17) is 4.74 Å². The van der Waals surface area contributed by atoms with Gasteiger partial charge in [-0.3, -0.25) is 0 Å². The summed E-state index contributed by atoms with van der Waals surface area (Å²) < 4.78 is 19.5. The van der Waals surface area contributed by atoms with Crippen LogP contribution in [0.25, 0.3) is 11.1 Å². The molecule has 4 aromatic rings. The van der Waals surface area contributed by atoms with Crippen molar-refractivity contribution in [3.05, 3.63) is 125 Å². The number of hydrogen-bond acceptors (Lipinski definition) is 2. The molecule has 0 saturated carbocycles. The minimum absolute atomic E-state index is 0.215. The molecule has 0 aliphatic carbocycles. The van der Waals surface area contributed by atoms with Crippen molar-refractivity contribution < 1.29 is 13.9 Å². The van der Waals surface area contributed by atoms with Crippen LogP contribution in [0.4, 0.5) is 4.39 Å². The first-order chi connectivity index (χ1) is 16.5. The summed E-state index contributed by atoms with van der Waals surface area (Å²) in [7, 11) is 0. The van der Waals surface area contributed by atoms with Gasteiger partial charge in [-0.05, 0) is 64.8 Å². The average molecular weight is 453 g/mol. The van der Waals surface area contributed by atoms with Crippen LogP contribution in [0, 0.1) is 5.82 Å². The van der Waals surface area contributed by atoms with Crippen LogP contribution in [-0.2, 0) is 12.8 Å². The minimum Gasteiger partial charge on any atom is -0.423 e. The van der Waals surface area contributed by atoms with E-state index in [0.717, 1.165) is 24.0 Å². The molecular weight excluding hydrogens is 423 g/mol. The summed E-state index contributed by atoms with van der Waals surface area (Å²) in [5, 5.41) is 0. The van der Waals surface area contributed by atoms with Crippen LogP contribution in [0.15, 0.2) is 97.1 Å². The van der Waals surface area contributed by atoms with E-state index in [9.17, 15) is 9.18 Å². The van der Waals surface area contributed by atoms with E-state index in [-0.39, 0.29) is 11.6 Å². The van der Waals surface area contributed by atoms with E-state index in [2.05, 4.69) is 55.5 Å². The number of ether oxygens (including phenoxy) is 1. The van der Waals surface area contributed by atoms with Crippen molar-refractivity contribution in [1.29, 1.82) is 0 Å². The quantitative estimate of drug-likeness (QED) is 0.200. The Labute approximate surface area is 201 Å². The van der Waals surface area contributed by atoms with Gasteiger partial charge in [-0.2, -0.15) is 0 Å². The molecule has 0 heterocycles. The Kier molecular flexibility index (Phi) is 7.54. The highest BCUT2D eigenvalue weighted by Gasteiger charge is 2.12. The molecule has 0 N–H and O–H groups in total. The van der Waals surface area contributed by atoms with Crippen molar-refractivity contribution in [3.63, 3.8) is 0 Å². The molecule has 172 valence electrons. The first kappa shape index (κ1) is 23.4. The molecule has 2 nitrogen and oxygen atoms in total. The van der Waals surface area contributed by atoms with Crippen molar-refractivity contribution >= 4 is 5.97 Å². The molecule has 0 radical (unpaired) electrons. The second-order valence-corrected chi connectivity index (χ2v) is 8.68. The molecule has 0 aliphatic rings. The first-order valence-corrected chi connectivity index (χ1v) is 11.8. The standard InChI is InChI=1S/C31H29FO2/c1-3-7-27-18-19-29(21-30(27)32)34-31(33)28-16-14-26(15-17-28)25-12-10-23(11-13-25)20-22(2)24-8-5-4-6-9-24/h4-6,8-19,21-22H,3,7,20H2,1-2H3/t22-/m0/s1. The van der Waals surface area contributed by atoms with Gasteiger partial charge >= 0.3 is 5.97 Å². The zero-order valence-electron chi connectivity index (χ0n) is 19.6.